The molecule has 0 aliphatic rings. The minimum atomic E-state index is -0.341. The number of esters is 1. The van der Waals surface area contributed by atoms with E-state index in [4.69, 9.17) is 4.74 Å². The SMILES string of the molecule is C=C(C)C(=O)OCCCCCCN(CCCNC(C)=O)C(C)=O. The van der Waals surface area contributed by atoms with Crippen LogP contribution in [0.25, 0.3) is 0 Å². The van der Waals surface area contributed by atoms with Crippen molar-refractivity contribution in [3.63, 3.8) is 0 Å². The molecule has 0 bridgehead atoms. The summed E-state index contributed by atoms with van der Waals surface area (Å²) < 4.78 is 5.02. The molecule has 0 spiro atoms. The van der Waals surface area contributed by atoms with Gasteiger partial charge < -0.3 is 15.0 Å². The molecule has 0 aromatic rings. The Morgan fingerprint density at radius 1 is 0.957 bits per heavy atom. The number of amides is 2. The molecular formula is C17H30N2O4. The summed E-state index contributed by atoms with van der Waals surface area (Å²) in [5.41, 5.74) is 0.418. The maximum absolute atomic E-state index is 11.5. The number of nitrogens with one attached hydrogen (secondary N) is 1. The molecule has 0 heterocycles. The minimum Gasteiger partial charge on any atom is -0.462 e. The van der Waals surface area contributed by atoms with E-state index in [9.17, 15) is 14.4 Å². The van der Waals surface area contributed by atoms with E-state index in [0.717, 1.165) is 38.6 Å². The summed E-state index contributed by atoms with van der Waals surface area (Å²) in [7, 11) is 0. The number of ether oxygens (including phenoxy) is 1. The Morgan fingerprint density at radius 2 is 1.57 bits per heavy atom. The number of unbranched alkanes of at least 4 members (excludes halogenated alkanes) is 3. The normalized spacial score (nSPS) is 10.0. The monoisotopic (exact) mass is 326 g/mol. The van der Waals surface area contributed by atoms with Gasteiger partial charge in [-0.15, -0.1) is 0 Å². The van der Waals surface area contributed by atoms with Gasteiger partial charge in [0.05, 0.1) is 6.61 Å². The molecule has 0 fully saturated rings. The highest BCUT2D eigenvalue weighted by Crippen LogP contribution is 2.04. The lowest BCUT2D eigenvalue weighted by atomic mass is 10.2. The van der Waals surface area contributed by atoms with Crippen molar-refractivity contribution in [1.82, 2.24) is 10.2 Å². The first kappa shape index (κ1) is 21.1. The van der Waals surface area contributed by atoms with Gasteiger partial charge in [-0.25, -0.2) is 4.79 Å². The third kappa shape index (κ3) is 12.4. The number of nitrogens with zero attached hydrogens (tertiary/aromatic N) is 1. The van der Waals surface area contributed by atoms with E-state index in [2.05, 4.69) is 11.9 Å². The molecule has 23 heavy (non-hydrogen) atoms. The summed E-state index contributed by atoms with van der Waals surface area (Å²) >= 11 is 0. The van der Waals surface area contributed by atoms with Gasteiger partial charge in [0.1, 0.15) is 0 Å². The number of carbonyl (C=O) groups excluding carboxylic acids is 3. The van der Waals surface area contributed by atoms with Crippen LogP contribution in [0.4, 0.5) is 0 Å². The first-order valence-corrected chi connectivity index (χ1v) is 8.17. The molecule has 1 N–H and O–H groups in total. The third-order valence-corrected chi connectivity index (χ3v) is 3.33. The molecule has 2 amide bonds. The average molecular weight is 326 g/mol. The highest BCUT2D eigenvalue weighted by Gasteiger charge is 2.08. The fourth-order valence-corrected chi connectivity index (χ4v) is 2.01. The van der Waals surface area contributed by atoms with Crippen molar-refractivity contribution in [2.24, 2.45) is 0 Å². The van der Waals surface area contributed by atoms with E-state index in [1.54, 1.807) is 13.8 Å². The van der Waals surface area contributed by atoms with Gasteiger partial charge in [0.15, 0.2) is 0 Å². The zero-order chi connectivity index (χ0) is 17.7. The van der Waals surface area contributed by atoms with E-state index in [1.807, 2.05) is 4.90 Å². The van der Waals surface area contributed by atoms with E-state index in [-0.39, 0.29) is 17.8 Å². The van der Waals surface area contributed by atoms with Crippen LogP contribution in [0, 0.1) is 0 Å². The largest absolute Gasteiger partial charge is 0.462 e. The molecule has 132 valence electrons. The number of carbonyl (C=O) groups is 3. The van der Waals surface area contributed by atoms with Gasteiger partial charge >= 0.3 is 5.97 Å². The second-order valence-corrected chi connectivity index (χ2v) is 5.67. The molecule has 0 atom stereocenters. The maximum Gasteiger partial charge on any atom is 0.333 e. The van der Waals surface area contributed by atoms with Crippen molar-refractivity contribution in [2.45, 2.75) is 52.9 Å². The van der Waals surface area contributed by atoms with Crippen LogP contribution in [0.5, 0.6) is 0 Å². The van der Waals surface area contributed by atoms with Crippen LogP contribution >= 0.6 is 0 Å². The summed E-state index contributed by atoms with van der Waals surface area (Å²) in [5, 5.41) is 2.72. The van der Waals surface area contributed by atoms with Crippen molar-refractivity contribution in [1.29, 1.82) is 0 Å². The zero-order valence-electron chi connectivity index (χ0n) is 14.7. The van der Waals surface area contributed by atoms with Crippen molar-refractivity contribution in [2.75, 3.05) is 26.2 Å². The Kier molecular flexibility index (Phi) is 11.7. The average Bonchev–Trinajstić information content (AvgIpc) is 2.47. The lowest BCUT2D eigenvalue weighted by molar-refractivity contribution is -0.139. The van der Waals surface area contributed by atoms with E-state index in [0.29, 0.717) is 25.3 Å². The summed E-state index contributed by atoms with van der Waals surface area (Å²) in [6.07, 6.45) is 4.45. The van der Waals surface area contributed by atoms with Crippen LogP contribution < -0.4 is 5.32 Å². The molecular weight excluding hydrogens is 296 g/mol. The predicted molar refractivity (Wildman–Crippen MR) is 89.8 cm³/mol. The van der Waals surface area contributed by atoms with Crippen LogP contribution in [0.2, 0.25) is 0 Å². The van der Waals surface area contributed by atoms with Gasteiger partial charge in [-0.3, -0.25) is 9.59 Å². The Bertz CT molecular complexity index is 407. The molecule has 0 aliphatic carbocycles. The Balaban J connectivity index is 3.68. The summed E-state index contributed by atoms with van der Waals surface area (Å²) in [6.45, 7) is 10.6. The van der Waals surface area contributed by atoms with Crippen molar-refractivity contribution in [3.05, 3.63) is 12.2 Å². The molecule has 0 aromatic carbocycles. The molecule has 0 saturated heterocycles. The van der Waals surface area contributed by atoms with Crippen LogP contribution in [-0.2, 0) is 19.1 Å². The number of hydrogen-bond donors (Lipinski definition) is 1. The fraction of sp³-hybridized carbons (Fsp3) is 0.706. The number of rotatable bonds is 12. The topological polar surface area (TPSA) is 75.7 Å². The molecule has 0 aliphatic heterocycles. The summed E-state index contributed by atoms with van der Waals surface area (Å²) in [5.74, 6) is -0.332. The smallest absolute Gasteiger partial charge is 0.333 e. The van der Waals surface area contributed by atoms with Crippen molar-refractivity contribution >= 4 is 17.8 Å². The third-order valence-electron chi connectivity index (χ3n) is 3.33. The molecule has 6 nitrogen and oxygen atoms in total. The highest BCUT2D eigenvalue weighted by molar-refractivity contribution is 5.86. The molecule has 0 rings (SSSR count). The van der Waals surface area contributed by atoms with Gasteiger partial charge in [-0.05, 0) is 32.6 Å². The lowest BCUT2D eigenvalue weighted by Crippen LogP contribution is -2.33. The van der Waals surface area contributed by atoms with Crippen molar-refractivity contribution in [3.8, 4) is 0 Å². The molecule has 0 aromatic heterocycles. The first-order chi connectivity index (χ1) is 10.8. The molecule has 6 heteroatoms. The van der Waals surface area contributed by atoms with Gasteiger partial charge in [0.2, 0.25) is 11.8 Å². The Hall–Kier alpha value is -1.85. The summed E-state index contributed by atoms with van der Waals surface area (Å²) in [4.78, 5) is 35.3. The lowest BCUT2D eigenvalue weighted by Gasteiger charge is -2.21. The van der Waals surface area contributed by atoms with Crippen LogP contribution in [0.15, 0.2) is 12.2 Å². The fourth-order valence-electron chi connectivity index (χ4n) is 2.01. The number of hydrogen-bond acceptors (Lipinski definition) is 4. The van der Waals surface area contributed by atoms with E-state index in [1.165, 1.54) is 6.92 Å². The second-order valence-electron chi connectivity index (χ2n) is 5.67. The van der Waals surface area contributed by atoms with Gasteiger partial charge in [0.25, 0.3) is 0 Å². The van der Waals surface area contributed by atoms with Gasteiger partial charge in [-0.2, -0.15) is 0 Å². The summed E-state index contributed by atoms with van der Waals surface area (Å²) in [6, 6.07) is 0. The van der Waals surface area contributed by atoms with Crippen molar-refractivity contribution < 1.29 is 19.1 Å². The zero-order valence-corrected chi connectivity index (χ0v) is 14.7. The van der Waals surface area contributed by atoms with Crippen LogP contribution in [0.1, 0.15) is 52.9 Å². The van der Waals surface area contributed by atoms with Gasteiger partial charge in [0, 0.05) is 39.1 Å². The van der Waals surface area contributed by atoms with Gasteiger partial charge in [-0.1, -0.05) is 13.0 Å². The first-order valence-electron chi connectivity index (χ1n) is 8.17. The molecule has 0 radical (unpaired) electrons. The van der Waals surface area contributed by atoms with Crippen LogP contribution in [0.3, 0.4) is 0 Å². The predicted octanol–water partition coefficient (Wildman–Crippen LogP) is 2.04. The Labute approximate surface area is 139 Å². The molecule has 0 unspecified atom stereocenters. The second kappa shape index (κ2) is 12.7. The van der Waals surface area contributed by atoms with E-state index >= 15 is 0 Å². The van der Waals surface area contributed by atoms with E-state index < -0.39 is 0 Å². The Morgan fingerprint density at radius 3 is 2.13 bits per heavy atom. The molecule has 0 saturated carbocycles. The minimum absolute atomic E-state index is 0.0493. The quantitative estimate of drug-likeness (QED) is 0.338. The standard InChI is InChI=1S/C17H30N2O4/c1-14(2)17(22)23-13-8-6-5-7-11-19(16(4)21)12-9-10-18-15(3)20/h1,5-13H2,2-4H3,(H,18,20). The van der Waals surface area contributed by atoms with Crippen LogP contribution in [-0.4, -0.2) is 48.9 Å². The highest BCUT2D eigenvalue weighted by atomic mass is 16.5. The maximum atomic E-state index is 11.5.